The standard InChI is InChI=1S/C32H45N3O2/c1-6-22(2)30(36)34-29(24-11-8-7-9-12-24)31(37)35-18-10-13-28(35)26-19-25(20-33-21-26)23-14-16-27(17-15-23)32(3,4)5/h14-17,19-22,24,28-29H,6-13,18H2,1-5H3,(H,34,36). The third-order valence-corrected chi connectivity index (χ3v) is 8.51. The summed E-state index contributed by atoms with van der Waals surface area (Å²) in [6.07, 6.45) is 12.0. The van der Waals surface area contributed by atoms with Gasteiger partial charge in [-0.15, -0.1) is 0 Å². The zero-order valence-corrected chi connectivity index (χ0v) is 23.4. The first-order chi connectivity index (χ1) is 17.7. The van der Waals surface area contributed by atoms with Crippen molar-refractivity contribution in [3.8, 4) is 11.1 Å². The molecule has 0 radical (unpaired) electrons. The van der Waals surface area contributed by atoms with Gasteiger partial charge in [0.05, 0.1) is 6.04 Å². The highest BCUT2D eigenvalue weighted by molar-refractivity contribution is 5.89. The van der Waals surface area contributed by atoms with Crippen LogP contribution in [0.1, 0.15) is 103 Å². The van der Waals surface area contributed by atoms with Crippen LogP contribution >= 0.6 is 0 Å². The SMILES string of the molecule is CCC(C)C(=O)NC(C(=O)N1CCCC1c1cncc(-c2ccc(C(C)(C)C)cc2)c1)C1CCCCC1. The Morgan fingerprint density at radius 2 is 1.70 bits per heavy atom. The van der Waals surface area contributed by atoms with Gasteiger partial charge in [0.25, 0.3) is 0 Å². The number of rotatable bonds is 7. The molecule has 5 nitrogen and oxygen atoms in total. The van der Waals surface area contributed by atoms with E-state index < -0.39 is 6.04 Å². The number of likely N-dealkylation sites (tertiary alicyclic amines) is 1. The Kier molecular flexibility index (Phi) is 8.71. The molecule has 1 aliphatic heterocycles. The molecule has 1 aliphatic carbocycles. The molecular formula is C32H45N3O2. The Morgan fingerprint density at radius 3 is 2.35 bits per heavy atom. The average Bonchev–Trinajstić information content (AvgIpc) is 3.41. The highest BCUT2D eigenvalue weighted by Crippen LogP contribution is 2.36. The van der Waals surface area contributed by atoms with E-state index in [0.29, 0.717) is 0 Å². The van der Waals surface area contributed by atoms with E-state index in [1.165, 1.54) is 12.0 Å². The number of aromatic nitrogens is 1. The number of hydrogen-bond donors (Lipinski definition) is 1. The Bertz CT molecular complexity index is 1070. The molecule has 0 spiro atoms. The van der Waals surface area contributed by atoms with E-state index in [1.807, 2.05) is 31.1 Å². The minimum absolute atomic E-state index is 0.000361. The van der Waals surface area contributed by atoms with Crippen LogP contribution < -0.4 is 5.32 Å². The van der Waals surface area contributed by atoms with Crippen LogP contribution in [0.3, 0.4) is 0 Å². The first-order valence-electron chi connectivity index (χ1n) is 14.4. The van der Waals surface area contributed by atoms with Crippen LogP contribution in [0.2, 0.25) is 0 Å². The van der Waals surface area contributed by atoms with Crippen LogP contribution in [0.4, 0.5) is 0 Å². The van der Waals surface area contributed by atoms with Gasteiger partial charge in [0.2, 0.25) is 11.8 Å². The molecule has 3 unspecified atom stereocenters. The quantitative estimate of drug-likeness (QED) is 0.451. The summed E-state index contributed by atoms with van der Waals surface area (Å²) >= 11 is 0. The predicted molar refractivity (Wildman–Crippen MR) is 150 cm³/mol. The Balaban J connectivity index is 1.57. The fourth-order valence-electron chi connectivity index (χ4n) is 5.85. The van der Waals surface area contributed by atoms with Gasteiger partial charge in [0.1, 0.15) is 6.04 Å². The number of hydrogen-bond acceptors (Lipinski definition) is 3. The van der Waals surface area contributed by atoms with E-state index in [2.05, 4.69) is 61.4 Å². The molecule has 200 valence electrons. The van der Waals surface area contributed by atoms with Crippen molar-refractivity contribution in [1.29, 1.82) is 0 Å². The third kappa shape index (κ3) is 6.42. The molecule has 1 aromatic carbocycles. The minimum Gasteiger partial charge on any atom is -0.344 e. The van der Waals surface area contributed by atoms with Gasteiger partial charge in [-0.3, -0.25) is 14.6 Å². The summed E-state index contributed by atoms with van der Waals surface area (Å²) in [4.78, 5) is 33.6. The molecule has 1 aromatic heterocycles. The molecule has 1 saturated heterocycles. The van der Waals surface area contributed by atoms with Crippen molar-refractivity contribution in [2.45, 2.75) is 103 Å². The lowest BCUT2D eigenvalue weighted by Gasteiger charge is -2.35. The Labute approximate surface area is 223 Å². The van der Waals surface area contributed by atoms with Gasteiger partial charge in [0, 0.05) is 30.4 Å². The van der Waals surface area contributed by atoms with Gasteiger partial charge >= 0.3 is 0 Å². The molecule has 2 amide bonds. The smallest absolute Gasteiger partial charge is 0.245 e. The molecular weight excluding hydrogens is 458 g/mol. The molecule has 2 fully saturated rings. The van der Waals surface area contributed by atoms with Crippen molar-refractivity contribution < 1.29 is 9.59 Å². The maximum absolute atomic E-state index is 14.1. The Morgan fingerprint density at radius 1 is 1.00 bits per heavy atom. The van der Waals surface area contributed by atoms with Crippen LogP contribution in [-0.2, 0) is 15.0 Å². The van der Waals surface area contributed by atoms with E-state index in [9.17, 15) is 9.59 Å². The Hall–Kier alpha value is -2.69. The fraction of sp³-hybridized carbons (Fsp3) is 0.594. The number of carbonyl (C=O) groups is 2. The first-order valence-corrected chi connectivity index (χ1v) is 14.4. The summed E-state index contributed by atoms with van der Waals surface area (Å²) in [5.41, 5.74) is 4.72. The molecule has 37 heavy (non-hydrogen) atoms. The number of pyridine rings is 1. The van der Waals surface area contributed by atoms with Crippen LogP contribution in [0.5, 0.6) is 0 Å². The summed E-state index contributed by atoms with van der Waals surface area (Å²) < 4.78 is 0. The summed E-state index contributed by atoms with van der Waals surface area (Å²) in [5, 5.41) is 3.19. The zero-order valence-electron chi connectivity index (χ0n) is 23.4. The molecule has 2 aliphatic rings. The van der Waals surface area contributed by atoms with Gasteiger partial charge in [-0.25, -0.2) is 0 Å². The summed E-state index contributed by atoms with van der Waals surface area (Å²) in [7, 11) is 0. The van der Waals surface area contributed by atoms with E-state index >= 15 is 0 Å². The summed E-state index contributed by atoms with van der Waals surface area (Å²) in [6.45, 7) is 11.4. The molecule has 3 atom stereocenters. The molecule has 1 saturated carbocycles. The number of carbonyl (C=O) groups excluding carboxylic acids is 2. The van der Waals surface area contributed by atoms with Gasteiger partial charge in [-0.2, -0.15) is 0 Å². The monoisotopic (exact) mass is 503 g/mol. The van der Waals surface area contributed by atoms with E-state index in [4.69, 9.17) is 0 Å². The van der Waals surface area contributed by atoms with Gasteiger partial charge in [0.15, 0.2) is 0 Å². The normalized spacial score (nSPS) is 20.5. The van der Waals surface area contributed by atoms with Crippen molar-refractivity contribution in [1.82, 2.24) is 15.2 Å². The lowest BCUT2D eigenvalue weighted by molar-refractivity contribution is -0.140. The van der Waals surface area contributed by atoms with Crippen LogP contribution in [0, 0.1) is 11.8 Å². The van der Waals surface area contributed by atoms with Crippen molar-refractivity contribution in [3.63, 3.8) is 0 Å². The van der Waals surface area contributed by atoms with E-state index in [0.717, 1.165) is 68.2 Å². The third-order valence-electron chi connectivity index (χ3n) is 8.51. The number of nitrogens with zero attached hydrogens (tertiary/aromatic N) is 2. The number of nitrogens with one attached hydrogen (secondary N) is 1. The molecule has 0 bridgehead atoms. The minimum atomic E-state index is -0.427. The second-order valence-corrected chi connectivity index (χ2v) is 12.2. The second-order valence-electron chi connectivity index (χ2n) is 12.2. The predicted octanol–water partition coefficient (Wildman–Crippen LogP) is 6.82. The highest BCUT2D eigenvalue weighted by Gasteiger charge is 2.39. The number of amides is 2. The summed E-state index contributed by atoms with van der Waals surface area (Å²) in [6, 6.07) is 10.5. The van der Waals surface area contributed by atoms with Crippen molar-refractivity contribution in [2.75, 3.05) is 6.54 Å². The largest absolute Gasteiger partial charge is 0.344 e. The van der Waals surface area contributed by atoms with E-state index in [1.54, 1.807) is 0 Å². The topological polar surface area (TPSA) is 62.3 Å². The number of benzene rings is 1. The maximum Gasteiger partial charge on any atom is 0.245 e. The average molecular weight is 504 g/mol. The van der Waals surface area contributed by atoms with Gasteiger partial charge in [-0.1, -0.05) is 78.1 Å². The van der Waals surface area contributed by atoms with Gasteiger partial charge in [-0.05, 0) is 66.2 Å². The van der Waals surface area contributed by atoms with Crippen LogP contribution in [0.25, 0.3) is 11.1 Å². The highest BCUT2D eigenvalue weighted by atomic mass is 16.2. The van der Waals surface area contributed by atoms with E-state index in [-0.39, 0.29) is 35.1 Å². The van der Waals surface area contributed by atoms with Crippen molar-refractivity contribution >= 4 is 11.8 Å². The van der Waals surface area contributed by atoms with Crippen LogP contribution in [-0.4, -0.2) is 34.3 Å². The molecule has 5 heteroatoms. The zero-order chi connectivity index (χ0) is 26.6. The van der Waals surface area contributed by atoms with Crippen molar-refractivity contribution in [2.24, 2.45) is 11.8 Å². The van der Waals surface area contributed by atoms with Gasteiger partial charge < -0.3 is 10.2 Å². The molecule has 1 N–H and O–H groups in total. The molecule has 4 rings (SSSR count). The maximum atomic E-state index is 14.1. The molecule has 2 heterocycles. The lowest BCUT2D eigenvalue weighted by atomic mass is 9.83. The van der Waals surface area contributed by atoms with Crippen LogP contribution in [0.15, 0.2) is 42.7 Å². The second kappa shape index (κ2) is 11.8. The fourth-order valence-corrected chi connectivity index (χ4v) is 5.85. The summed E-state index contributed by atoms with van der Waals surface area (Å²) in [5.74, 6) is 0.232. The molecule has 2 aromatic rings. The van der Waals surface area contributed by atoms with Crippen molar-refractivity contribution in [3.05, 3.63) is 53.9 Å². The lowest BCUT2D eigenvalue weighted by Crippen LogP contribution is -2.53. The first kappa shape index (κ1) is 27.3.